The van der Waals surface area contributed by atoms with Gasteiger partial charge in [-0.15, -0.1) is 0 Å². The topological polar surface area (TPSA) is 90.1 Å². The summed E-state index contributed by atoms with van der Waals surface area (Å²) in [6.45, 7) is 0.511. The molecule has 1 unspecified atom stereocenters. The quantitative estimate of drug-likeness (QED) is 0.829. The van der Waals surface area contributed by atoms with Gasteiger partial charge in [0.05, 0.1) is 18.5 Å². The van der Waals surface area contributed by atoms with Crippen LogP contribution < -0.4 is 11.1 Å². The predicted molar refractivity (Wildman–Crippen MR) is 75.2 cm³/mol. The van der Waals surface area contributed by atoms with Gasteiger partial charge in [0.25, 0.3) is 5.91 Å². The molecule has 1 amide bonds. The molecule has 0 bridgehead atoms. The molecule has 1 heterocycles. The summed E-state index contributed by atoms with van der Waals surface area (Å²) < 4.78 is 5.43. The molecule has 1 aromatic heterocycles. The number of nitrogens with zero attached hydrogens (tertiary/aromatic N) is 2. The molecule has 2 aromatic rings. The van der Waals surface area contributed by atoms with E-state index >= 15 is 0 Å². The van der Waals surface area contributed by atoms with E-state index in [1.54, 1.807) is 7.11 Å². The highest BCUT2D eigenvalue weighted by Gasteiger charge is 2.10. The summed E-state index contributed by atoms with van der Waals surface area (Å²) in [7, 11) is 1.64. The van der Waals surface area contributed by atoms with Crippen molar-refractivity contribution in [3.05, 3.63) is 54.0 Å². The van der Waals surface area contributed by atoms with Crippen LogP contribution in [0.4, 0.5) is 5.82 Å². The molecular formula is C14H16N4O2. The molecule has 2 rings (SSSR count). The molecule has 0 saturated heterocycles. The Bertz CT molecular complexity index is 574. The molecule has 0 aliphatic carbocycles. The Hall–Kier alpha value is -2.47. The summed E-state index contributed by atoms with van der Waals surface area (Å²) in [4.78, 5) is 19.0. The lowest BCUT2D eigenvalue weighted by molar-refractivity contribution is 0.0995. The van der Waals surface area contributed by atoms with Crippen molar-refractivity contribution in [3.63, 3.8) is 0 Å². The van der Waals surface area contributed by atoms with Crippen molar-refractivity contribution in [2.24, 2.45) is 5.73 Å². The molecule has 0 spiro atoms. The number of rotatable bonds is 6. The summed E-state index contributed by atoms with van der Waals surface area (Å²) in [5.74, 6) is -0.119. The lowest BCUT2D eigenvalue weighted by Gasteiger charge is -2.16. The van der Waals surface area contributed by atoms with E-state index in [1.165, 1.54) is 12.4 Å². The molecular weight excluding hydrogens is 256 g/mol. The van der Waals surface area contributed by atoms with Gasteiger partial charge in [-0.1, -0.05) is 30.3 Å². The lowest BCUT2D eigenvalue weighted by atomic mass is 10.1. The fourth-order valence-corrected chi connectivity index (χ4v) is 1.77. The smallest absolute Gasteiger partial charge is 0.268 e. The van der Waals surface area contributed by atoms with Crippen LogP contribution in [0.3, 0.4) is 0 Å². The zero-order valence-electron chi connectivity index (χ0n) is 11.1. The summed E-state index contributed by atoms with van der Waals surface area (Å²) >= 11 is 0. The standard InChI is InChI=1S/C14H16N4O2/c1-20-12(10-5-3-2-4-6-10)8-17-13-9-16-7-11(18-13)14(15)19/h2-7,9,12H,8H2,1H3,(H2,15,19)(H,17,18). The Balaban J connectivity index is 2.03. The highest BCUT2D eigenvalue weighted by atomic mass is 16.5. The van der Waals surface area contributed by atoms with E-state index in [0.29, 0.717) is 12.4 Å². The molecule has 0 saturated carbocycles. The zero-order chi connectivity index (χ0) is 14.4. The SMILES string of the molecule is COC(CNc1cncc(C(N)=O)n1)c1ccccc1. The Kier molecular flexibility index (Phi) is 4.62. The number of nitrogens with two attached hydrogens (primary N) is 1. The molecule has 0 aliphatic heterocycles. The minimum Gasteiger partial charge on any atom is -0.375 e. The van der Waals surface area contributed by atoms with Gasteiger partial charge in [0.15, 0.2) is 0 Å². The average Bonchev–Trinajstić information content (AvgIpc) is 2.49. The third-order valence-corrected chi connectivity index (χ3v) is 2.81. The van der Waals surface area contributed by atoms with Gasteiger partial charge in [-0.3, -0.25) is 9.78 Å². The molecule has 0 radical (unpaired) electrons. The van der Waals surface area contributed by atoms with E-state index in [0.717, 1.165) is 5.56 Å². The van der Waals surface area contributed by atoms with Crippen molar-refractivity contribution >= 4 is 11.7 Å². The molecule has 1 aromatic carbocycles. The third kappa shape index (κ3) is 3.52. The summed E-state index contributed by atoms with van der Waals surface area (Å²) in [5.41, 5.74) is 6.35. The molecule has 6 heteroatoms. The fourth-order valence-electron chi connectivity index (χ4n) is 1.77. The number of nitrogens with one attached hydrogen (secondary N) is 1. The Labute approximate surface area is 117 Å². The molecule has 20 heavy (non-hydrogen) atoms. The Morgan fingerprint density at radius 2 is 2.10 bits per heavy atom. The van der Waals surface area contributed by atoms with Gasteiger partial charge in [-0.05, 0) is 5.56 Å². The van der Waals surface area contributed by atoms with E-state index in [1.807, 2.05) is 30.3 Å². The van der Waals surface area contributed by atoms with Gasteiger partial charge in [0, 0.05) is 13.7 Å². The van der Waals surface area contributed by atoms with E-state index in [-0.39, 0.29) is 11.8 Å². The van der Waals surface area contributed by atoms with Gasteiger partial charge in [0.2, 0.25) is 0 Å². The average molecular weight is 272 g/mol. The number of carbonyl (C=O) groups excluding carboxylic acids is 1. The first-order chi connectivity index (χ1) is 9.70. The van der Waals surface area contributed by atoms with Crippen LogP contribution in [0.15, 0.2) is 42.7 Å². The lowest BCUT2D eigenvalue weighted by Crippen LogP contribution is -2.18. The van der Waals surface area contributed by atoms with Crippen LogP contribution in [0, 0.1) is 0 Å². The summed E-state index contributed by atoms with van der Waals surface area (Å²) in [6, 6.07) is 9.83. The molecule has 104 valence electrons. The van der Waals surface area contributed by atoms with Crippen LogP contribution in [0.25, 0.3) is 0 Å². The number of hydrogen-bond donors (Lipinski definition) is 2. The van der Waals surface area contributed by atoms with Crippen LogP contribution in [0.5, 0.6) is 0 Å². The molecule has 0 fully saturated rings. The largest absolute Gasteiger partial charge is 0.375 e. The fraction of sp³-hybridized carbons (Fsp3) is 0.214. The monoisotopic (exact) mass is 272 g/mol. The van der Waals surface area contributed by atoms with E-state index in [2.05, 4.69) is 15.3 Å². The number of benzene rings is 1. The highest BCUT2D eigenvalue weighted by molar-refractivity contribution is 5.90. The number of amides is 1. The van der Waals surface area contributed by atoms with Gasteiger partial charge >= 0.3 is 0 Å². The maximum absolute atomic E-state index is 11.0. The van der Waals surface area contributed by atoms with Gasteiger partial charge in [-0.25, -0.2) is 4.98 Å². The Morgan fingerprint density at radius 3 is 2.75 bits per heavy atom. The molecule has 1 atom stereocenters. The number of hydrogen-bond acceptors (Lipinski definition) is 5. The number of methoxy groups -OCH3 is 1. The predicted octanol–water partition coefficient (Wildman–Crippen LogP) is 1.38. The van der Waals surface area contributed by atoms with Crippen molar-refractivity contribution in [3.8, 4) is 0 Å². The van der Waals surface area contributed by atoms with Crippen molar-refractivity contribution in [2.45, 2.75) is 6.10 Å². The second kappa shape index (κ2) is 6.63. The number of ether oxygens (including phenoxy) is 1. The first-order valence-corrected chi connectivity index (χ1v) is 6.14. The second-order valence-corrected chi connectivity index (χ2v) is 4.17. The van der Waals surface area contributed by atoms with Gasteiger partial charge < -0.3 is 15.8 Å². The van der Waals surface area contributed by atoms with Crippen LogP contribution in [-0.4, -0.2) is 29.5 Å². The van der Waals surface area contributed by atoms with Crippen LogP contribution in [0.1, 0.15) is 22.2 Å². The highest BCUT2D eigenvalue weighted by Crippen LogP contribution is 2.16. The molecule has 6 nitrogen and oxygen atoms in total. The second-order valence-electron chi connectivity index (χ2n) is 4.17. The first kappa shape index (κ1) is 14.0. The van der Waals surface area contributed by atoms with E-state index in [9.17, 15) is 4.79 Å². The van der Waals surface area contributed by atoms with Crippen LogP contribution >= 0.6 is 0 Å². The van der Waals surface area contributed by atoms with Crippen molar-refractivity contribution in [2.75, 3.05) is 19.0 Å². The van der Waals surface area contributed by atoms with Crippen LogP contribution in [-0.2, 0) is 4.74 Å². The summed E-state index contributed by atoms with van der Waals surface area (Å²) in [6.07, 6.45) is 2.75. The Morgan fingerprint density at radius 1 is 1.35 bits per heavy atom. The van der Waals surface area contributed by atoms with Crippen molar-refractivity contribution in [1.82, 2.24) is 9.97 Å². The minimum absolute atomic E-state index is 0.116. The number of primary amides is 1. The molecule has 3 N–H and O–H groups in total. The van der Waals surface area contributed by atoms with E-state index < -0.39 is 5.91 Å². The summed E-state index contributed by atoms with van der Waals surface area (Å²) in [5, 5.41) is 3.08. The van der Waals surface area contributed by atoms with Crippen LogP contribution in [0.2, 0.25) is 0 Å². The minimum atomic E-state index is -0.604. The maximum atomic E-state index is 11.0. The van der Waals surface area contributed by atoms with Crippen molar-refractivity contribution < 1.29 is 9.53 Å². The number of aromatic nitrogens is 2. The maximum Gasteiger partial charge on any atom is 0.268 e. The normalized spacial score (nSPS) is 11.8. The zero-order valence-corrected chi connectivity index (χ0v) is 11.1. The van der Waals surface area contributed by atoms with Gasteiger partial charge in [0.1, 0.15) is 11.5 Å². The van der Waals surface area contributed by atoms with Gasteiger partial charge in [-0.2, -0.15) is 0 Å². The van der Waals surface area contributed by atoms with Crippen molar-refractivity contribution in [1.29, 1.82) is 0 Å². The number of carbonyl (C=O) groups is 1. The first-order valence-electron chi connectivity index (χ1n) is 6.14. The molecule has 0 aliphatic rings. The van der Waals surface area contributed by atoms with E-state index in [4.69, 9.17) is 10.5 Å². The third-order valence-electron chi connectivity index (χ3n) is 2.81. The number of anilines is 1.